The van der Waals surface area contributed by atoms with Crippen LogP contribution in [0.1, 0.15) is 18.2 Å². The predicted octanol–water partition coefficient (Wildman–Crippen LogP) is 1.71. The second-order valence-electron chi connectivity index (χ2n) is 4.61. The van der Waals surface area contributed by atoms with Gasteiger partial charge < -0.3 is 15.7 Å². The number of aromatic nitrogens is 1. The van der Waals surface area contributed by atoms with Crippen LogP contribution in [0.3, 0.4) is 0 Å². The Hall–Kier alpha value is -2.41. The number of phenolic OH excluding ortho intramolecular Hbond substituents is 1. The normalized spacial score (nSPS) is 10.2. The lowest BCUT2D eigenvalue weighted by molar-refractivity contribution is -0.136. The molecule has 1 aromatic carbocycles. The molecule has 22 heavy (non-hydrogen) atoms. The van der Waals surface area contributed by atoms with Crippen LogP contribution in [0.2, 0.25) is 0 Å². The van der Waals surface area contributed by atoms with Crippen molar-refractivity contribution in [3.63, 3.8) is 0 Å². The molecule has 0 aliphatic heterocycles. The van der Waals surface area contributed by atoms with Gasteiger partial charge in [0, 0.05) is 6.54 Å². The molecule has 0 saturated carbocycles. The van der Waals surface area contributed by atoms with Crippen LogP contribution in [0.25, 0.3) is 0 Å². The zero-order valence-corrected chi connectivity index (χ0v) is 12.9. The number of aromatic hydroxyl groups is 1. The number of rotatable bonds is 5. The van der Waals surface area contributed by atoms with Crippen LogP contribution in [-0.4, -0.2) is 28.4 Å². The SMILES string of the molecule is CCc1ncsc1NC(=O)C(=O)NCCc1cccc(O)c1. The summed E-state index contributed by atoms with van der Waals surface area (Å²) in [7, 11) is 0. The number of thiazole rings is 1. The molecular weight excluding hydrogens is 302 g/mol. The molecule has 2 amide bonds. The van der Waals surface area contributed by atoms with E-state index in [-0.39, 0.29) is 5.75 Å². The van der Waals surface area contributed by atoms with E-state index in [4.69, 9.17) is 0 Å². The highest BCUT2D eigenvalue weighted by Crippen LogP contribution is 2.20. The predicted molar refractivity (Wildman–Crippen MR) is 84.9 cm³/mol. The summed E-state index contributed by atoms with van der Waals surface area (Å²) in [5, 5.41) is 15.1. The summed E-state index contributed by atoms with van der Waals surface area (Å²) in [6, 6.07) is 6.78. The number of phenols is 1. The van der Waals surface area contributed by atoms with Crippen molar-refractivity contribution < 1.29 is 14.7 Å². The van der Waals surface area contributed by atoms with Gasteiger partial charge in [-0.2, -0.15) is 0 Å². The van der Waals surface area contributed by atoms with E-state index in [0.29, 0.717) is 24.4 Å². The van der Waals surface area contributed by atoms with Crippen LogP contribution in [0.15, 0.2) is 29.8 Å². The average Bonchev–Trinajstić information content (AvgIpc) is 2.94. The molecular formula is C15H17N3O3S. The fraction of sp³-hybridized carbons (Fsp3) is 0.267. The Morgan fingerprint density at radius 1 is 1.32 bits per heavy atom. The number of benzene rings is 1. The Morgan fingerprint density at radius 2 is 2.14 bits per heavy atom. The molecule has 0 saturated heterocycles. The smallest absolute Gasteiger partial charge is 0.314 e. The molecule has 0 spiro atoms. The number of hydrogen-bond donors (Lipinski definition) is 3. The van der Waals surface area contributed by atoms with Crippen molar-refractivity contribution in [3.8, 4) is 5.75 Å². The summed E-state index contributed by atoms with van der Waals surface area (Å²) in [6.45, 7) is 2.25. The van der Waals surface area contributed by atoms with Gasteiger partial charge in [-0.3, -0.25) is 9.59 Å². The van der Waals surface area contributed by atoms with Gasteiger partial charge in [0.2, 0.25) is 0 Å². The van der Waals surface area contributed by atoms with Gasteiger partial charge in [0.1, 0.15) is 10.8 Å². The number of aryl methyl sites for hydroxylation is 1. The molecule has 7 heteroatoms. The van der Waals surface area contributed by atoms with E-state index in [0.717, 1.165) is 11.3 Å². The van der Waals surface area contributed by atoms with Crippen molar-refractivity contribution >= 4 is 28.2 Å². The van der Waals surface area contributed by atoms with Crippen molar-refractivity contribution in [3.05, 3.63) is 41.0 Å². The second-order valence-corrected chi connectivity index (χ2v) is 5.47. The molecule has 0 aliphatic rings. The number of hydrogen-bond acceptors (Lipinski definition) is 5. The molecule has 6 nitrogen and oxygen atoms in total. The summed E-state index contributed by atoms with van der Waals surface area (Å²) in [4.78, 5) is 27.6. The standard InChI is InChI=1S/C15H17N3O3S/c1-2-12-15(22-9-17-12)18-14(21)13(20)16-7-6-10-4-3-5-11(19)8-10/h3-5,8-9,19H,2,6-7H2,1H3,(H,16,20)(H,18,21). The van der Waals surface area contributed by atoms with E-state index in [1.165, 1.54) is 11.3 Å². The van der Waals surface area contributed by atoms with Gasteiger partial charge in [0.05, 0.1) is 11.2 Å². The maximum atomic E-state index is 11.8. The second kappa shape index (κ2) is 7.56. The zero-order valence-electron chi connectivity index (χ0n) is 12.1. The minimum atomic E-state index is -0.699. The summed E-state index contributed by atoms with van der Waals surface area (Å²) in [5.41, 5.74) is 3.29. The van der Waals surface area contributed by atoms with Gasteiger partial charge in [-0.15, -0.1) is 11.3 Å². The Bertz CT molecular complexity index is 670. The molecule has 0 bridgehead atoms. The zero-order chi connectivity index (χ0) is 15.9. The Kier molecular flexibility index (Phi) is 5.48. The third-order valence-corrected chi connectivity index (χ3v) is 3.80. The third kappa shape index (κ3) is 4.29. The van der Waals surface area contributed by atoms with E-state index in [2.05, 4.69) is 15.6 Å². The maximum absolute atomic E-state index is 11.8. The van der Waals surface area contributed by atoms with Gasteiger partial charge in [-0.05, 0) is 30.5 Å². The summed E-state index contributed by atoms with van der Waals surface area (Å²) in [5.74, 6) is -1.20. The Balaban J connectivity index is 1.80. The highest BCUT2D eigenvalue weighted by Gasteiger charge is 2.15. The fourth-order valence-electron chi connectivity index (χ4n) is 1.90. The van der Waals surface area contributed by atoms with Crippen molar-refractivity contribution in [2.45, 2.75) is 19.8 Å². The monoisotopic (exact) mass is 319 g/mol. The largest absolute Gasteiger partial charge is 0.508 e. The van der Waals surface area contributed by atoms with Crippen LogP contribution in [-0.2, 0) is 22.4 Å². The molecule has 0 aliphatic carbocycles. The molecule has 0 unspecified atom stereocenters. The first-order valence-electron chi connectivity index (χ1n) is 6.89. The van der Waals surface area contributed by atoms with Crippen LogP contribution in [0.5, 0.6) is 5.75 Å². The number of nitrogens with zero attached hydrogens (tertiary/aromatic N) is 1. The highest BCUT2D eigenvalue weighted by molar-refractivity contribution is 7.14. The summed E-state index contributed by atoms with van der Waals surface area (Å²) < 4.78 is 0. The average molecular weight is 319 g/mol. The van der Waals surface area contributed by atoms with Crippen molar-refractivity contribution in [1.29, 1.82) is 0 Å². The number of amides is 2. The molecule has 0 atom stereocenters. The third-order valence-electron chi connectivity index (χ3n) is 3.02. The number of nitrogens with one attached hydrogen (secondary N) is 2. The topological polar surface area (TPSA) is 91.3 Å². The summed E-state index contributed by atoms with van der Waals surface area (Å²) in [6.07, 6.45) is 1.23. The van der Waals surface area contributed by atoms with Crippen LogP contribution < -0.4 is 10.6 Å². The van der Waals surface area contributed by atoms with Crippen molar-refractivity contribution in [2.75, 3.05) is 11.9 Å². The first-order chi connectivity index (χ1) is 10.6. The molecule has 0 radical (unpaired) electrons. The maximum Gasteiger partial charge on any atom is 0.314 e. The molecule has 116 valence electrons. The van der Waals surface area contributed by atoms with Gasteiger partial charge in [0.15, 0.2) is 0 Å². The number of carbonyl (C=O) groups excluding carboxylic acids is 2. The van der Waals surface area contributed by atoms with Gasteiger partial charge in [0.25, 0.3) is 0 Å². The van der Waals surface area contributed by atoms with Gasteiger partial charge in [-0.1, -0.05) is 19.1 Å². The van der Waals surface area contributed by atoms with Crippen LogP contribution in [0, 0.1) is 0 Å². The minimum Gasteiger partial charge on any atom is -0.508 e. The van der Waals surface area contributed by atoms with Crippen LogP contribution in [0.4, 0.5) is 5.00 Å². The first kappa shape index (κ1) is 16.0. The van der Waals surface area contributed by atoms with Crippen LogP contribution >= 0.6 is 11.3 Å². The lowest BCUT2D eigenvalue weighted by Gasteiger charge is -2.06. The Morgan fingerprint density at radius 3 is 2.86 bits per heavy atom. The van der Waals surface area contributed by atoms with Crippen molar-refractivity contribution in [1.82, 2.24) is 10.3 Å². The molecule has 0 fully saturated rings. The fourth-order valence-corrected chi connectivity index (χ4v) is 2.67. The molecule has 1 heterocycles. The molecule has 2 aromatic rings. The van der Waals surface area contributed by atoms with E-state index in [9.17, 15) is 14.7 Å². The van der Waals surface area contributed by atoms with Crippen molar-refractivity contribution in [2.24, 2.45) is 0 Å². The number of carbonyl (C=O) groups is 2. The molecule has 3 N–H and O–H groups in total. The Labute approximate surface area is 132 Å². The first-order valence-corrected chi connectivity index (χ1v) is 7.77. The minimum absolute atomic E-state index is 0.179. The van der Waals surface area contributed by atoms with Gasteiger partial charge >= 0.3 is 11.8 Å². The lowest BCUT2D eigenvalue weighted by atomic mass is 10.1. The quantitative estimate of drug-likeness (QED) is 0.732. The van der Waals surface area contributed by atoms with E-state index < -0.39 is 11.8 Å². The molecule has 2 rings (SSSR count). The van der Waals surface area contributed by atoms with Gasteiger partial charge in [-0.25, -0.2) is 4.98 Å². The van der Waals surface area contributed by atoms with E-state index in [1.54, 1.807) is 23.7 Å². The highest BCUT2D eigenvalue weighted by atomic mass is 32.1. The summed E-state index contributed by atoms with van der Waals surface area (Å²) >= 11 is 1.29. The van der Waals surface area contributed by atoms with E-state index >= 15 is 0 Å². The molecule has 1 aromatic heterocycles. The lowest BCUT2D eigenvalue weighted by Crippen LogP contribution is -2.36. The van der Waals surface area contributed by atoms with E-state index in [1.807, 2.05) is 13.0 Å². The number of anilines is 1.